The summed E-state index contributed by atoms with van der Waals surface area (Å²) in [6.45, 7) is 10.8. The van der Waals surface area contributed by atoms with Gasteiger partial charge in [-0.25, -0.2) is 0 Å². The number of carbonyl (C=O) groups is 1. The quantitative estimate of drug-likeness (QED) is 0.516. The van der Waals surface area contributed by atoms with Crippen LogP contribution in [0.15, 0.2) is 11.1 Å². The third kappa shape index (κ3) is 2.24. The first-order valence-corrected chi connectivity index (χ1v) is 5.74. The number of esters is 1. The van der Waals surface area contributed by atoms with E-state index in [-0.39, 0.29) is 11.4 Å². The fraction of sp³-hybridized carbons (Fsp3) is 0.769. The number of carbonyl (C=O) groups excluding carboxylic acids is 1. The average Bonchev–Trinajstić information content (AvgIpc) is 2.15. The first-order valence-electron chi connectivity index (χ1n) is 5.74. The predicted molar refractivity (Wildman–Crippen MR) is 61.5 cm³/mol. The fourth-order valence-electron chi connectivity index (χ4n) is 2.30. The zero-order valence-electron chi connectivity index (χ0n) is 10.5. The second kappa shape index (κ2) is 4.38. The Morgan fingerprint density at radius 3 is 2.60 bits per heavy atom. The molecule has 86 valence electrons. The third-order valence-electron chi connectivity index (χ3n) is 3.80. The second-order valence-electron chi connectivity index (χ2n) is 4.98. The van der Waals surface area contributed by atoms with Gasteiger partial charge in [-0.3, -0.25) is 4.79 Å². The van der Waals surface area contributed by atoms with Crippen molar-refractivity contribution in [1.82, 2.24) is 0 Å². The van der Waals surface area contributed by atoms with Crippen LogP contribution in [0.1, 0.15) is 47.5 Å². The van der Waals surface area contributed by atoms with Gasteiger partial charge in [0.05, 0.1) is 12.0 Å². The van der Waals surface area contributed by atoms with Crippen LogP contribution in [0.3, 0.4) is 0 Å². The van der Waals surface area contributed by atoms with Crippen molar-refractivity contribution in [2.24, 2.45) is 11.3 Å². The highest BCUT2D eigenvalue weighted by atomic mass is 16.5. The lowest BCUT2D eigenvalue weighted by atomic mass is 9.67. The van der Waals surface area contributed by atoms with Crippen LogP contribution in [-0.2, 0) is 9.53 Å². The van der Waals surface area contributed by atoms with Crippen LogP contribution in [-0.4, -0.2) is 12.6 Å². The normalized spacial score (nSPS) is 31.7. The molecule has 0 bridgehead atoms. The molecule has 1 aliphatic rings. The van der Waals surface area contributed by atoms with E-state index in [0.29, 0.717) is 12.5 Å². The molecule has 1 rings (SSSR count). The predicted octanol–water partition coefficient (Wildman–Crippen LogP) is 3.32. The Morgan fingerprint density at radius 1 is 1.47 bits per heavy atom. The molecule has 15 heavy (non-hydrogen) atoms. The molecule has 0 N–H and O–H groups in total. The molecule has 0 aromatic carbocycles. The van der Waals surface area contributed by atoms with E-state index in [9.17, 15) is 4.79 Å². The lowest BCUT2D eigenvalue weighted by Gasteiger charge is -2.38. The Hall–Kier alpha value is -0.790. The maximum atomic E-state index is 11.9. The van der Waals surface area contributed by atoms with Crippen molar-refractivity contribution in [3.05, 3.63) is 11.1 Å². The number of hydrogen-bond donors (Lipinski definition) is 0. The van der Waals surface area contributed by atoms with Gasteiger partial charge >= 0.3 is 5.97 Å². The summed E-state index contributed by atoms with van der Waals surface area (Å²) in [4.78, 5) is 11.9. The highest BCUT2D eigenvalue weighted by Crippen LogP contribution is 2.44. The van der Waals surface area contributed by atoms with Crippen LogP contribution in [0.2, 0.25) is 0 Å². The first kappa shape index (κ1) is 12.3. The molecule has 1 aliphatic carbocycles. The largest absolute Gasteiger partial charge is 0.466 e. The van der Waals surface area contributed by atoms with Gasteiger partial charge in [0, 0.05) is 0 Å². The van der Waals surface area contributed by atoms with Gasteiger partial charge in [-0.05, 0) is 46.5 Å². The molecule has 0 radical (unpaired) electrons. The van der Waals surface area contributed by atoms with Crippen LogP contribution >= 0.6 is 0 Å². The van der Waals surface area contributed by atoms with Crippen LogP contribution < -0.4 is 0 Å². The molecule has 0 fully saturated rings. The molecule has 2 heteroatoms. The van der Waals surface area contributed by atoms with Gasteiger partial charge in [0.25, 0.3) is 0 Å². The molecule has 0 saturated heterocycles. The summed E-state index contributed by atoms with van der Waals surface area (Å²) < 4.78 is 5.18. The van der Waals surface area contributed by atoms with Gasteiger partial charge in [-0.15, -0.1) is 0 Å². The van der Waals surface area contributed by atoms with E-state index in [0.717, 1.165) is 12.8 Å². The molecule has 0 heterocycles. The molecule has 0 amide bonds. The van der Waals surface area contributed by atoms with Crippen molar-refractivity contribution in [1.29, 1.82) is 0 Å². The summed E-state index contributed by atoms with van der Waals surface area (Å²) in [5.41, 5.74) is 2.47. The summed E-state index contributed by atoms with van der Waals surface area (Å²) >= 11 is 0. The Morgan fingerprint density at radius 2 is 2.07 bits per heavy atom. The second-order valence-corrected chi connectivity index (χ2v) is 4.98. The van der Waals surface area contributed by atoms with Gasteiger partial charge in [0.1, 0.15) is 0 Å². The molecule has 2 nitrogen and oxygen atoms in total. The van der Waals surface area contributed by atoms with Crippen molar-refractivity contribution < 1.29 is 9.53 Å². The Balaban J connectivity index is 2.90. The molecular formula is C13H22O2. The topological polar surface area (TPSA) is 26.3 Å². The minimum absolute atomic E-state index is 0.0376. The number of ether oxygens (including phenoxy) is 1. The highest BCUT2D eigenvalue weighted by molar-refractivity contribution is 5.77. The number of allylic oxidation sites excluding steroid dienone is 2. The summed E-state index contributed by atoms with van der Waals surface area (Å²) in [5.74, 6) is 0.338. The molecule has 0 spiro atoms. The van der Waals surface area contributed by atoms with Crippen molar-refractivity contribution in [3.63, 3.8) is 0 Å². The van der Waals surface area contributed by atoms with Gasteiger partial charge in [-0.2, -0.15) is 0 Å². The average molecular weight is 210 g/mol. The van der Waals surface area contributed by atoms with E-state index in [2.05, 4.69) is 20.8 Å². The molecule has 0 aliphatic heterocycles. The standard InChI is InChI=1S/C13H22O2/c1-6-15-12(14)13(5)8-10(3)9(2)7-11(13)4/h11H,6-8H2,1-5H3/t11-,13+/m1/s1. The summed E-state index contributed by atoms with van der Waals surface area (Å²) in [6, 6.07) is 0. The molecule has 0 saturated carbocycles. The van der Waals surface area contributed by atoms with E-state index in [1.807, 2.05) is 13.8 Å². The first-order chi connectivity index (χ1) is 6.91. The Bertz CT molecular complexity index is 291. The molecule has 0 aromatic heterocycles. The minimum Gasteiger partial charge on any atom is -0.466 e. The molecule has 2 atom stereocenters. The zero-order chi connectivity index (χ0) is 11.6. The van der Waals surface area contributed by atoms with E-state index in [4.69, 9.17) is 4.74 Å². The van der Waals surface area contributed by atoms with E-state index >= 15 is 0 Å². The smallest absolute Gasteiger partial charge is 0.312 e. The number of hydrogen-bond acceptors (Lipinski definition) is 2. The highest BCUT2D eigenvalue weighted by Gasteiger charge is 2.42. The van der Waals surface area contributed by atoms with Crippen LogP contribution in [0.4, 0.5) is 0 Å². The summed E-state index contributed by atoms with van der Waals surface area (Å²) in [7, 11) is 0. The van der Waals surface area contributed by atoms with Gasteiger partial charge < -0.3 is 4.74 Å². The summed E-state index contributed by atoms with van der Waals surface area (Å²) in [6.07, 6.45) is 1.86. The minimum atomic E-state index is -0.320. The van der Waals surface area contributed by atoms with E-state index < -0.39 is 0 Å². The third-order valence-corrected chi connectivity index (χ3v) is 3.80. The Labute approximate surface area is 92.7 Å². The monoisotopic (exact) mass is 210 g/mol. The van der Waals surface area contributed by atoms with Gasteiger partial charge in [-0.1, -0.05) is 18.1 Å². The van der Waals surface area contributed by atoms with Gasteiger partial charge in [0.2, 0.25) is 0 Å². The van der Waals surface area contributed by atoms with Crippen LogP contribution in [0, 0.1) is 11.3 Å². The maximum absolute atomic E-state index is 11.9. The fourth-order valence-corrected chi connectivity index (χ4v) is 2.30. The lowest BCUT2D eigenvalue weighted by molar-refractivity contribution is -0.158. The molecule has 0 unspecified atom stereocenters. The maximum Gasteiger partial charge on any atom is 0.312 e. The van der Waals surface area contributed by atoms with Crippen molar-refractivity contribution >= 4 is 5.97 Å². The Kier molecular flexibility index (Phi) is 3.58. The SMILES string of the molecule is CCOC(=O)[C@@]1(C)CC(C)=C(C)C[C@H]1C. The van der Waals surface area contributed by atoms with Crippen LogP contribution in [0.5, 0.6) is 0 Å². The van der Waals surface area contributed by atoms with Crippen LogP contribution in [0.25, 0.3) is 0 Å². The van der Waals surface area contributed by atoms with Crippen molar-refractivity contribution in [3.8, 4) is 0 Å². The van der Waals surface area contributed by atoms with Crippen molar-refractivity contribution in [2.75, 3.05) is 6.61 Å². The molecular weight excluding hydrogens is 188 g/mol. The summed E-state index contributed by atoms with van der Waals surface area (Å²) in [5, 5.41) is 0. The zero-order valence-corrected chi connectivity index (χ0v) is 10.5. The van der Waals surface area contributed by atoms with Gasteiger partial charge in [0.15, 0.2) is 0 Å². The van der Waals surface area contributed by atoms with E-state index in [1.165, 1.54) is 11.1 Å². The number of rotatable bonds is 2. The van der Waals surface area contributed by atoms with E-state index in [1.54, 1.807) is 0 Å². The molecule has 0 aromatic rings. The lowest BCUT2D eigenvalue weighted by Crippen LogP contribution is -2.39. The van der Waals surface area contributed by atoms with Crippen molar-refractivity contribution in [2.45, 2.75) is 47.5 Å².